The van der Waals surface area contributed by atoms with Gasteiger partial charge in [-0.1, -0.05) is 19.9 Å². The van der Waals surface area contributed by atoms with Crippen molar-refractivity contribution in [2.75, 3.05) is 6.26 Å². The summed E-state index contributed by atoms with van der Waals surface area (Å²) >= 11 is 0. The van der Waals surface area contributed by atoms with Crippen molar-refractivity contribution in [1.29, 1.82) is 0 Å². The predicted octanol–water partition coefficient (Wildman–Crippen LogP) is 2.16. The highest BCUT2D eigenvalue weighted by Crippen LogP contribution is 2.24. The first-order chi connectivity index (χ1) is 9.11. The highest BCUT2D eigenvalue weighted by molar-refractivity contribution is 7.90. The minimum atomic E-state index is -3.51. The number of Topliss-reactive ketones (excluding diaryl/α,β-unsaturated/α-hetero) is 1. The van der Waals surface area contributed by atoms with Gasteiger partial charge in [-0.05, 0) is 12.0 Å². The van der Waals surface area contributed by atoms with E-state index in [1.54, 1.807) is 0 Å². The summed E-state index contributed by atoms with van der Waals surface area (Å²) in [6.45, 7) is 3.78. The Morgan fingerprint density at radius 3 is 2.40 bits per heavy atom. The van der Waals surface area contributed by atoms with Gasteiger partial charge in [0.25, 0.3) is 5.69 Å². The lowest BCUT2D eigenvalue weighted by atomic mass is 10.0. The SMILES string of the molecule is CC(C)CC(=O)Cc1ccc(S(C)(=O)=O)cc1[N+](=O)[O-]. The fourth-order valence-corrected chi connectivity index (χ4v) is 2.47. The molecule has 0 amide bonds. The number of hydrogen-bond acceptors (Lipinski definition) is 5. The van der Waals surface area contributed by atoms with Gasteiger partial charge in [-0.2, -0.15) is 0 Å². The van der Waals surface area contributed by atoms with Crippen molar-refractivity contribution in [2.24, 2.45) is 5.92 Å². The van der Waals surface area contributed by atoms with Crippen LogP contribution in [0.15, 0.2) is 23.1 Å². The Balaban J connectivity index is 3.15. The van der Waals surface area contributed by atoms with Crippen molar-refractivity contribution < 1.29 is 18.1 Å². The van der Waals surface area contributed by atoms with Crippen molar-refractivity contribution in [3.05, 3.63) is 33.9 Å². The highest BCUT2D eigenvalue weighted by Gasteiger charge is 2.20. The molecule has 0 saturated carbocycles. The van der Waals surface area contributed by atoms with Gasteiger partial charge in [0.1, 0.15) is 5.78 Å². The number of ketones is 1. The number of carbonyl (C=O) groups excluding carboxylic acids is 1. The van der Waals surface area contributed by atoms with Crippen molar-refractivity contribution in [3.8, 4) is 0 Å². The number of hydrogen-bond donors (Lipinski definition) is 0. The third-order valence-electron chi connectivity index (χ3n) is 2.71. The van der Waals surface area contributed by atoms with E-state index in [0.717, 1.165) is 12.3 Å². The summed E-state index contributed by atoms with van der Waals surface area (Å²) < 4.78 is 22.8. The van der Waals surface area contributed by atoms with E-state index in [1.165, 1.54) is 12.1 Å². The molecule has 0 atom stereocenters. The van der Waals surface area contributed by atoms with Crippen molar-refractivity contribution in [3.63, 3.8) is 0 Å². The van der Waals surface area contributed by atoms with Crippen LogP contribution in [-0.2, 0) is 21.1 Å². The molecular weight excluding hydrogens is 282 g/mol. The second-order valence-corrected chi connectivity index (χ2v) is 7.15. The van der Waals surface area contributed by atoms with E-state index in [2.05, 4.69) is 0 Å². The van der Waals surface area contributed by atoms with E-state index in [4.69, 9.17) is 0 Å². The van der Waals surface area contributed by atoms with Crippen LogP contribution in [0, 0.1) is 16.0 Å². The Kier molecular flexibility index (Phi) is 4.99. The lowest BCUT2D eigenvalue weighted by Crippen LogP contribution is -2.09. The molecule has 0 aliphatic rings. The number of rotatable bonds is 6. The van der Waals surface area contributed by atoms with Crippen molar-refractivity contribution in [2.45, 2.75) is 31.6 Å². The zero-order chi connectivity index (χ0) is 15.5. The van der Waals surface area contributed by atoms with E-state index in [9.17, 15) is 23.3 Å². The second kappa shape index (κ2) is 6.13. The van der Waals surface area contributed by atoms with Crippen LogP contribution in [0.3, 0.4) is 0 Å². The molecule has 0 bridgehead atoms. The van der Waals surface area contributed by atoms with Crippen LogP contribution in [0.4, 0.5) is 5.69 Å². The highest BCUT2D eigenvalue weighted by atomic mass is 32.2. The molecule has 0 N–H and O–H groups in total. The van der Waals surface area contributed by atoms with Crippen LogP contribution >= 0.6 is 0 Å². The third-order valence-corrected chi connectivity index (χ3v) is 3.82. The maximum atomic E-state index is 11.7. The number of nitrogens with zero attached hydrogens (tertiary/aromatic N) is 1. The maximum Gasteiger partial charge on any atom is 0.274 e. The zero-order valence-corrected chi connectivity index (χ0v) is 12.4. The molecule has 1 rings (SSSR count). The fraction of sp³-hybridized carbons (Fsp3) is 0.462. The second-order valence-electron chi connectivity index (χ2n) is 5.13. The van der Waals surface area contributed by atoms with Gasteiger partial charge in [-0.15, -0.1) is 0 Å². The summed E-state index contributed by atoms with van der Waals surface area (Å²) in [5.41, 5.74) is -0.0851. The van der Waals surface area contributed by atoms with Crippen LogP contribution in [0.1, 0.15) is 25.8 Å². The molecule has 20 heavy (non-hydrogen) atoms. The Morgan fingerprint density at radius 1 is 1.35 bits per heavy atom. The first-order valence-corrected chi connectivity index (χ1v) is 7.99. The molecule has 0 aromatic heterocycles. The molecule has 0 fully saturated rings. The number of benzene rings is 1. The van der Waals surface area contributed by atoms with E-state index >= 15 is 0 Å². The Hall–Kier alpha value is -1.76. The molecule has 0 spiro atoms. The van der Waals surface area contributed by atoms with Crippen molar-refractivity contribution in [1.82, 2.24) is 0 Å². The average molecular weight is 299 g/mol. The van der Waals surface area contributed by atoms with Gasteiger partial charge in [0, 0.05) is 30.7 Å². The van der Waals surface area contributed by atoms with Crippen LogP contribution in [0.25, 0.3) is 0 Å². The summed E-state index contributed by atoms with van der Waals surface area (Å²) in [7, 11) is -3.51. The van der Waals surface area contributed by atoms with Crippen LogP contribution in [0.5, 0.6) is 0 Å². The third kappa shape index (κ3) is 4.41. The molecule has 110 valence electrons. The maximum absolute atomic E-state index is 11.7. The first kappa shape index (κ1) is 16.3. The Bertz CT molecular complexity index is 634. The summed E-state index contributed by atoms with van der Waals surface area (Å²) in [4.78, 5) is 22.0. The van der Waals surface area contributed by atoms with Crippen LogP contribution in [0.2, 0.25) is 0 Å². The smallest absolute Gasteiger partial charge is 0.274 e. The van der Waals surface area contributed by atoms with E-state index in [-0.39, 0.29) is 34.3 Å². The molecule has 1 aromatic rings. The van der Waals surface area contributed by atoms with E-state index in [1.807, 2.05) is 13.8 Å². The average Bonchev–Trinajstić information content (AvgIpc) is 2.26. The van der Waals surface area contributed by atoms with Gasteiger partial charge in [0.05, 0.1) is 9.82 Å². The van der Waals surface area contributed by atoms with Gasteiger partial charge >= 0.3 is 0 Å². The lowest BCUT2D eigenvalue weighted by molar-refractivity contribution is -0.385. The van der Waals surface area contributed by atoms with E-state index < -0.39 is 14.8 Å². The quantitative estimate of drug-likeness (QED) is 0.592. The number of nitro groups is 1. The summed E-state index contributed by atoms with van der Waals surface area (Å²) in [5.74, 6) is 0.0760. The predicted molar refractivity (Wildman–Crippen MR) is 74.4 cm³/mol. The topological polar surface area (TPSA) is 94.3 Å². The zero-order valence-electron chi connectivity index (χ0n) is 11.6. The monoisotopic (exact) mass is 299 g/mol. The van der Waals surface area contributed by atoms with Gasteiger partial charge in [0.2, 0.25) is 0 Å². The minimum absolute atomic E-state index is 0.0570. The normalized spacial score (nSPS) is 11.6. The molecule has 1 aromatic carbocycles. The Labute approximate surface area is 117 Å². The van der Waals surface area contributed by atoms with Crippen LogP contribution < -0.4 is 0 Å². The summed E-state index contributed by atoms with van der Waals surface area (Å²) in [5, 5.41) is 11.0. The van der Waals surface area contributed by atoms with E-state index in [0.29, 0.717) is 6.42 Å². The molecule has 0 aliphatic heterocycles. The standard InChI is InChI=1S/C13H17NO5S/c1-9(2)6-11(15)7-10-4-5-12(20(3,18)19)8-13(10)14(16)17/h4-5,8-9H,6-7H2,1-3H3. The largest absolute Gasteiger partial charge is 0.299 e. The van der Waals surface area contributed by atoms with Gasteiger partial charge in [0.15, 0.2) is 9.84 Å². The number of sulfone groups is 1. The summed E-state index contributed by atoms with van der Waals surface area (Å²) in [6.07, 6.45) is 1.26. The number of carbonyl (C=O) groups is 1. The molecule has 0 aliphatic carbocycles. The first-order valence-electron chi connectivity index (χ1n) is 6.10. The molecule has 0 saturated heterocycles. The Morgan fingerprint density at radius 2 is 1.95 bits per heavy atom. The van der Waals surface area contributed by atoms with Gasteiger partial charge in [-0.3, -0.25) is 14.9 Å². The molecule has 6 nitrogen and oxygen atoms in total. The molecular formula is C13H17NO5S. The fourth-order valence-electron chi connectivity index (χ4n) is 1.83. The minimum Gasteiger partial charge on any atom is -0.299 e. The van der Waals surface area contributed by atoms with Crippen molar-refractivity contribution >= 4 is 21.3 Å². The molecule has 0 heterocycles. The molecule has 0 radical (unpaired) electrons. The molecule has 0 unspecified atom stereocenters. The lowest BCUT2D eigenvalue weighted by Gasteiger charge is -2.06. The van der Waals surface area contributed by atoms with Crippen LogP contribution in [-0.4, -0.2) is 25.4 Å². The van der Waals surface area contributed by atoms with Gasteiger partial charge in [-0.25, -0.2) is 8.42 Å². The molecule has 7 heteroatoms. The summed E-state index contributed by atoms with van der Waals surface area (Å²) in [6, 6.07) is 3.64. The number of nitro benzene ring substituents is 1. The van der Waals surface area contributed by atoms with Gasteiger partial charge < -0.3 is 0 Å².